The molecule has 1 fully saturated rings. The molecule has 1 atom stereocenters. The average molecular weight is 392 g/mol. The van der Waals surface area contributed by atoms with Crippen LogP contribution in [-0.2, 0) is 11.3 Å². The molecule has 29 heavy (non-hydrogen) atoms. The van der Waals surface area contributed by atoms with E-state index in [1.165, 1.54) is 6.39 Å². The van der Waals surface area contributed by atoms with E-state index in [1.54, 1.807) is 7.11 Å². The Morgan fingerprint density at radius 2 is 2.10 bits per heavy atom. The van der Waals surface area contributed by atoms with Gasteiger partial charge in [-0.15, -0.1) is 0 Å². The molecule has 0 radical (unpaired) electrons. The molecule has 0 saturated carbocycles. The van der Waals surface area contributed by atoms with Gasteiger partial charge >= 0.3 is 0 Å². The van der Waals surface area contributed by atoms with Gasteiger partial charge in [-0.1, -0.05) is 29.4 Å². The summed E-state index contributed by atoms with van der Waals surface area (Å²) in [5.41, 5.74) is 2.95. The monoisotopic (exact) mass is 392 g/mol. The van der Waals surface area contributed by atoms with Gasteiger partial charge in [-0.05, 0) is 54.8 Å². The van der Waals surface area contributed by atoms with E-state index in [0.717, 1.165) is 42.0 Å². The standard InChI is InChI=1S/C22H24N4O3/c1-28-20-6-2-4-17(12-20)16-7-9-19(10-8-16)24-22(27)18-5-3-11-26(13-18)14-21-23-15-29-25-21/h2,4,6-10,12,15,18H,3,5,11,13-14H2,1H3,(H,24,27)/t18-/m1/s1. The number of nitrogens with one attached hydrogen (secondary N) is 1. The molecule has 0 bridgehead atoms. The molecule has 4 rings (SSSR count). The average Bonchev–Trinajstić information content (AvgIpc) is 3.27. The molecule has 1 aliphatic heterocycles. The minimum atomic E-state index is -0.0475. The number of amides is 1. The summed E-state index contributed by atoms with van der Waals surface area (Å²) in [6, 6.07) is 15.8. The van der Waals surface area contributed by atoms with Crippen LogP contribution in [0.15, 0.2) is 59.4 Å². The fourth-order valence-corrected chi connectivity index (χ4v) is 3.67. The Morgan fingerprint density at radius 3 is 2.86 bits per heavy atom. The first kappa shape index (κ1) is 19.1. The van der Waals surface area contributed by atoms with Crippen molar-refractivity contribution in [1.82, 2.24) is 15.0 Å². The summed E-state index contributed by atoms with van der Waals surface area (Å²) in [4.78, 5) is 19.0. The van der Waals surface area contributed by atoms with E-state index in [4.69, 9.17) is 9.26 Å². The van der Waals surface area contributed by atoms with Crippen molar-refractivity contribution in [2.75, 3.05) is 25.5 Å². The van der Waals surface area contributed by atoms with E-state index in [1.807, 2.05) is 48.5 Å². The molecule has 0 aliphatic carbocycles. The number of benzene rings is 2. The lowest BCUT2D eigenvalue weighted by molar-refractivity contribution is -0.121. The largest absolute Gasteiger partial charge is 0.497 e. The third kappa shape index (κ3) is 4.81. The van der Waals surface area contributed by atoms with Gasteiger partial charge < -0.3 is 14.6 Å². The molecular formula is C22H24N4O3. The topological polar surface area (TPSA) is 80.5 Å². The number of hydrogen-bond acceptors (Lipinski definition) is 6. The second-order valence-electron chi connectivity index (χ2n) is 7.22. The summed E-state index contributed by atoms with van der Waals surface area (Å²) >= 11 is 0. The Kier molecular flexibility index (Phi) is 5.86. The van der Waals surface area contributed by atoms with Crippen LogP contribution in [-0.4, -0.2) is 41.1 Å². The van der Waals surface area contributed by atoms with Gasteiger partial charge in [0.1, 0.15) is 5.75 Å². The Balaban J connectivity index is 1.36. The van der Waals surface area contributed by atoms with Gasteiger partial charge in [-0.2, -0.15) is 4.98 Å². The van der Waals surface area contributed by atoms with Crippen LogP contribution in [0.4, 0.5) is 5.69 Å². The number of carbonyl (C=O) groups is 1. The minimum Gasteiger partial charge on any atom is -0.497 e. The smallest absolute Gasteiger partial charge is 0.228 e. The van der Waals surface area contributed by atoms with Gasteiger partial charge in [0, 0.05) is 12.2 Å². The van der Waals surface area contributed by atoms with Crippen LogP contribution in [0.2, 0.25) is 0 Å². The summed E-state index contributed by atoms with van der Waals surface area (Å²) in [5, 5.41) is 6.91. The molecule has 3 aromatic rings. The van der Waals surface area contributed by atoms with E-state index in [2.05, 4.69) is 20.4 Å². The van der Waals surface area contributed by atoms with E-state index in [9.17, 15) is 4.79 Å². The van der Waals surface area contributed by atoms with Crippen LogP contribution in [0, 0.1) is 5.92 Å². The lowest BCUT2D eigenvalue weighted by Gasteiger charge is -2.31. The first-order chi connectivity index (χ1) is 14.2. The Morgan fingerprint density at radius 1 is 1.24 bits per heavy atom. The highest BCUT2D eigenvalue weighted by molar-refractivity contribution is 5.93. The van der Waals surface area contributed by atoms with Crippen LogP contribution in [0.1, 0.15) is 18.7 Å². The first-order valence-corrected chi connectivity index (χ1v) is 9.74. The van der Waals surface area contributed by atoms with Gasteiger partial charge in [0.05, 0.1) is 19.6 Å². The number of nitrogens with zero attached hydrogens (tertiary/aromatic N) is 3. The fourth-order valence-electron chi connectivity index (χ4n) is 3.67. The predicted octanol–water partition coefficient (Wildman–Crippen LogP) is 3.60. The summed E-state index contributed by atoms with van der Waals surface area (Å²) in [6.07, 6.45) is 3.19. The second-order valence-corrected chi connectivity index (χ2v) is 7.22. The summed E-state index contributed by atoms with van der Waals surface area (Å²) < 4.78 is 10.1. The second kappa shape index (κ2) is 8.87. The normalized spacial score (nSPS) is 17.1. The number of carbonyl (C=O) groups excluding carboxylic acids is 1. The Labute approximate surface area is 169 Å². The van der Waals surface area contributed by atoms with E-state index < -0.39 is 0 Å². The predicted molar refractivity (Wildman–Crippen MR) is 109 cm³/mol. The summed E-state index contributed by atoms with van der Waals surface area (Å²) in [6.45, 7) is 2.24. The number of methoxy groups -OCH3 is 1. The number of anilines is 1. The molecule has 150 valence electrons. The van der Waals surface area contributed by atoms with Gasteiger partial charge in [0.2, 0.25) is 12.3 Å². The molecule has 1 amide bonds. The number of likely N-dealkylation sites (tertiary alicyclic amines) is 1. The van der Waals surface area contributed by atoms with Crippen molar-refractivity contribution in [2.45, 2.75) is 19.4 Å². The molecular weight excluding hydrogens is 368 g/mol. The van der Waals surface area contributed by atoms with E-state index in [0.29, 0.717) is 18.9 Å². The van der Waals surface area contributed by atoms with Crippen molar-refractivity contribution in [1.29, 1.82) is 0 Å². The van der Waals surface area contributed by atoms with Gasteiger partial charge in [0.25, 0.3) is 0 Å². The molecule has 0 unspecified atom stereocenters. The minimum absolute atomic E-state index is 0.0475. The zero-order valence-electron chi connectivity index (χ0n) is 16.4. The maximum Gasteiger partial charge on any atom is 0.228 e. The van der Waals surface area contributed by atoms with Crippen molar-refractivity contribution in [3.05, 3.63) is 60.7 Å². The highest BCUT2D eigenvalue weighted by Gasteiger charge is 2.26. The zero-order valence-corrected chi connectivity index (χ0v) is 16.4. The molecule has 7 heteroatoms. The Hall–Kier alpha value is -3.19. The zero-order chi connectivity index (χ0) is 20.1. The number of hydrogen-bond donors (Lipinski definition) is 1. The lowest BCUT2D eigenvalue weighted by atomic mass is 9.97. The van der Waals surface area contributed by atoms with Crippen molar-refractivity contribution >= 4 is 11.6 Å². The SMILES string of the molecule is COc1cccc(-c2ccc(NC(=O)[C@@H]3CCCN(Cc4ncon4)C3)cc2)c1. The fraction of sp³-hybridized carbons (Fsp3) is 0.318. The first-order valence-electron chi connectivity index (χ1n) is 9.74. The maximum atomic E-state index is 12.7. The van der Waals surface area contributed by atoms with Gasteiger partial charge in [-0.25, -0.2) is 0 Å². The number of rotatable bonds is 6. The summed E-state index contributed by atoms with van der Waals surface area (Å²) in [7, 11) is 1.66. The number of ether oxygens (including phenoxy) is 1. The highest BCUT2D eigenvalue weighted by Crippen LogP contribution is 2.26. The van der Waals surface area contributed by atoms with E-state index >= 15 is 0 Å². The molecule has 1 aliphatic rings. The van der Waals surface area contributed by atoms with Gasteiger partial charge in [0.15, 0.2) is 5.82 Å². The van der Waals surface area contributed by atoms with Crippen molar-refractivity contribution in [3.8, 4) is 16.9 Å². The van der Waals surface area contributed by atoms with Crippen LogP contribution in [0.5, 0.6) is 5.75 Å². The van der Waals surface area contributed by atoms with Crippen LogP contribution < -0.4 is 10.1 Å². The molecule has 2 aromatic carbocycles. The Bertz CT molecular complexity index is 941. The van der Waals surface area contributed by atoms with Gasteiger partial charge in [-0.3, -0.25) is 9.69 Å². The maximum absolute atomic E-state index is 12.7. The van der Waals surface area contributed by atoms with Crippen LogP contribution in [0.3, 0.4) is 0 Å². The van der Waals surface area contributed by atoms with E-state index in [-0.39, 0.29) is 11.8 Å². The number of aromatic nitrogens is 2. The number of piperidine rings is 1. The van der Waals surface area contributed by atoms with Crippen LogP contribution in [0.25, 0.3) is 11.1 Å². The lowest BCUT2D eigenvalue weighted by Crippen LogP contribution is -2.40. The quantitative estimate of drug-likeness (QED) is 0.690. The molecule has 7 nitrogen and oxygen atoms in total. The third-order valence-electron chi connectivity index (χ3n) is 5.20. The molecule has 1 aromatic heterocycles. The van der Waals surface area contributed by atoms with Crippen LogP contribution >= 0.6 is 0 Å². The highest BCUT2D eigenvalue weighted by atomic mass is 16.5. The molecule has 0 spiro atoms. The molecule has 1 N–H and O–H groups in total. The third-order valence-corrected chi connectivity index (χ3v) is 5.20. The van der Waals surface area contributed by atoms with Crippen molar-refractivity contribution < 1.29 is 14.1 Å². The van der Waals surface area contributed by atoms with Crippen molar-refractivity contribution in [3.63, 3.8) is 0 Å². The molecule has 1 saturated heterocycles. The van der Waals surface area contributed by atoms with Crippen molar-refractivity contribution in [2.24, 2.45) is 5.92 Å². The molecule has 2 heterocycles. The summed E-state index contributed by atoms with van der Waals surface area (Å²) in [5.74, 6) is 1.48.